The summed E-state index contributed by atoms with van der Waals surface area (Å²) < 4.78 is 27.8. The first-order valence-electron chi connectivity index (χ1n) is 7.59. The van der Waals surface area contributed by atoms with Gasteiger partial charge in [0, 0.05) is 18.0 Å². The smallest absolute Gasteiger partial charge is 0.240 e. The SMILES string of the molecule is CCC(=O)c1cccc(S(=O)(=O)NC2CCCCC2C)c1. The normalized spacial score (nSPS) is 23.0. The molecule has 2 unspecified atom stereocenters. The molecule has 21 heavy (non-hydrogen) atoms. The molecular formula is C16H23NO3S. The maximum atomic E-state index is 12.5. The number of hydrogen-bond donors (Lipinski definition) is 1. The topological polar surface area (TPSA) is 63.2 Å². The molecule has 1 aliphatic rings. The fraction of sp³-hybridized carbons (Fsp3) is 0.562. The van der Waals surface area contributed by atoms with Crippen LogP contribution in [0.2, 0.25) is 0 Å². The lowest BCUT2D eigenvalue weighted by molar-refractivity contribution is 0.0988. The summed E-state index contributed by atoms with van der Waals surface area (Å²) >= 11 is 0. The molecule has 0 saturated heterocycles. The van der Waals surface area contributed by atoms with Crippen LogP contribution in [0.1, 0.15) is 56.3 Å². The van der Waals surface area contributed by atoms with Crippen LogP contribution in [0, 0.1) is 5.92 Å². The zero-order chi connectivity index (χ0) is 15.5. The van der Waals surface area contributed by atoms with Crippen molar-refractivity contribution in [3.63, 3.8) is 0 Å². The lowest BCUT2D eigenvalue weighted by Gasteiger charge is -2.29. The molecule has 1 saturated carbocycles. The number of nitrogens with one attached hydrogen (secondary N) is 1. The van der Waals surface area contributed by atoms with Crippen LogP contribution in [0.5, 0.6) is 0 Å². The maximum absolute atomic E-state index is 12.5. The third-order valence-corrected chi connectivity index (χ3v) is 5.69. The van der Waals surface area contributed by atoms with Crippen molar-refractivity contribution in [2.75, 3.05) is 0 Å². The minimum Gasteiger partial charge on any atom is -0.294 e. The first kappa shape index (κ1) is 16.2. The fourth-order valence-electron chi connectivity index (χ4n) is 2.80. The molecule has 1 aromatic carbocycles. The van der Waals surface area contributed by atoms with Gasteiger partial charge in [-0.1, -0.05) is 38.8 Å². The molecule has 1 N–H and O–H groups in total. The molecular weight excluding hydrogens is 286 g/mol. The van der Waals surface area contributed by atoms with Gasteiger partial charge in [0.15, 0.2) is 5.78 Å². The second-order valence-corrected chi connectivity index (χ2v) is 7.51. The summed E-state index contributed by atoms with van der Waals surface area (Å²) in [5, 5.41) is 0. The minimum absolute atomic E-state index is 0.00529. The van der Waals surface area contributed by atoms with Crippen LogP contribution in [0.4, 0.5) is 0 Å². The Kier molecular flexibility index (Phi) is 5.17. The molecule has 0 spiro atoms. The number of Topliss-reactive ketones (excluding diaryl/α,β-unsaturated/α-hetero) is 1. The number of hydrogen-bond acceptors (Lipinski definition) is 3. The summed E-state index contributed by atoms with van der Waals surface area (Å²) in [5.74, 6) is 0.312. The predicted octanol–water partition coefficient (Wildman–Crippen LogP) is 3.14. The lowest BCUT2D eigenvalue weighted by atomic mass is 9.87. The number of carbonyl (C=O) groups is 1. The quantitative estimate of drug-likeness (QED) is 0.850. The number of carbonyl (C=O) groups excluding carboxylic acids is 1. The van der Waals surface area contributed by atoms with Crippen LogP contribution in [0.15, 0.2) is 29.2 Å². The molecule has 4 nitrogen and oxygen atoms in total. The van der Waals surface area contributed by atoms with E-state index in [9.17, 15) is 13.2 Å². The summed E-state index contributed by atoms with van der Waals surface area (Å²) in [6, 6.07) is 6.30. The molecule has 0 aromatic heterocycles. The van der Waals surface area contributed by atoms with Crippen LogP contribution < -0.4 is 4.72 Å². The summed E-state index contributed by atoms with van der Waals surface area (Å²) in [5.41, 5.74) is 0.456. The second kappa shape index (κ2) is 6.71. The number of ketones is 1. The van der Waals surface area contributed by atoms with Crippen LogP contribution in [-0.2, 0) is 10.0 Å². The molecule has 1 aliphatic carbocycles. The first-order valence-corrected chi connectivity index (χ1v) is 9.08. The van der Waals surface area contributed by atoms with E-state index in [1.54, 1.807) is 25.1 Å². The van der Waals surface area contributed by atoms with Crippen molar-refractivity contribution in [2.45, 2.75) is 56.9 Å². The Morgan fingerprint density at radius 1 is 1.29 bits per heavy atom. The molecule has 2 rings (SSSR count). The van der Waals surface area contributed by atoms with Crippen molar-refractivity contribution in [3.8, 4) is 0 Å². The highest BCUT2D eigenvalue weighted by atomic mass is 32.2. The van der Waals surface area contributed by atoms with Gasteiger partial charge < -0.3 is 0 Å². The molecule has 0 amide bonds. The summed E-state index contributed by atoms with van der Waals surface area (Å²) in [6.07, 6.45) is 4.54. The van der Waals surface area contributed by atoms with E-state index in [4.69, 9.17) is 0 Å². The predicted molar refractivity (Wildman–Crippen MR) is 82.8 cm³/mol. The van der Waals surface area contributed by atoms with Gasteiger partial charge in [0.05, 0.1) is 4.90 Å². The van der Waals surface area contributed by atoms with Gasteiger partial charge in [-0.3, -0.25) is 4.79 Å². The Morgan fingerprint density at radius 2 is 2.00 bits per heavy atom. The van der Waals surface area contributed by atoms with Crippen molar-refractivity contribution >= 4 is 15.8 Å². The van der Waals surface area contributed by atoms with E-state index in [0.717, 1.165) is 19.3 Å². The van der Waals surface area contributed by atoms with E-state index >= 15 is 0 Å². The van der Waals surface area contributed by atoms with Gasteiger partial charge in [0.25, 0.3) is 0 Å². The highest BCUT2D eigenvalue weighted by Gasteiger charge is 2.27. The average molecular weight is 309 g/mol. The molecule has 0 radical (unpaired) electrons. The third kappa shape index (κ3) is 3.92. The van der Waals surface area contributed by atoms with Crippen LogP contribution in [0.3, 0.4) is 0 Å². The molecule has 5 heteroatoms. The number of benzene rings is 1. The Morgan fingerprint density at radius 3 is 2.67 bits per heavy atom. The summed E-state index contributed by atoms with van der Waals surface area (Å²) in [4.78, 5) is 11.9. The van der Waals surface area contributed by atoms with E-state index in [0.29, 0.717) is 17.9 Å². The largest absolute Gasteiger partial charge is 0.294 e. The minimum atomic E-state index is -3.56. The molecule has 0 aliphatic heterocycles. The van der Waals surface area contributed by atoms with E-state index in [1.807, 2.05) is 0 Å². The fourth-order valence-corrected chi connectivity index (χ4v) is 4.22. The van der Waals surface area contributed by atoms with Crippen molar-refractivity contribution < 1.29 is 13.2 Å². The summed E-state index contributed by atoms with van der Waals surface area (Å²) in [6.45, 7) is 3.86. The van der Waals surface area contributed by atoms with Crippen LogP contribution in [-0.4, -0.2) is 20.2 Å². The van der Waals surface area contributed by atoms with E-state index < -0.39 is 10.0 Å². The van der Waals surface area contributed by atoms with E-state index in [2.05, 4.69) is 11.6 Å². The van der Waals surface area contributed by atoms with Gasteiger partial charge in [0.2, 0.25) is 10.0 Å². The Balaban J connectivity index is 2.21. The Labute approximate surface area is 127 Å². The molecule has 0 heterocycles. The highest BCUT2D eigenvalue weighted by Crippen LogP contribution is 2.25. The molecule has 1 aromatic rings. The van der Waals surface area contributed by atoms with Crippen molar-refractivity contribution in [1.29, 1.82) is 0 Å². The van der Waals surface area contributed by atoms with Crippen molar-refractivity contribution in [2.24, 2.45) is 5.92 Å². The van der Waals surface area contributed by atoms with E-state index in [1.165, 1.54) is 12.5 Å². The van der Waals surface area contributed by atoms with Gasteiger partial charge in [-0.05, 0) is 30.9 Å². The van der Waals surface area contributed by atoms with E-state index in [-0.39, 0.29) is 16.7 Å². The molecule has 1 fully saturated rings. The Bertz CT molecular complexity index is 610. The first-order chi connectivity index (χ1) is 9.94. The molecule has 116 valence electrons. The molecule has 2 atom stereocenters. The highest BCUT2D eigenvalue weighted by molar-refractivity contribution is 7.89. The Hall–Kier alpha value is -1.20. The summed E-state index contributed by atoms with van der Waals surface area (Å²) in [7, 11) is -3.56. The lowest BCUT2D eigenvalue weighted by Crippen LogP contribution is -2.41. The number of rotatable bonds is 5. The van der Waals surface area contributed by atoms with Gasteiger partial charge in [0.1, 0.15) is 0 Å². The van der Waals surface area contributed by atoms with Gasteiger partial charge in [-0.2, -0.15) is 0 Å². The van der Waals surface area contributed by atoms with Crippen molar-refractivity contribution in [1.82, 2.24) is 4.72 Å². The van der Waals surface area contributed by atoms with Gasteiger partial charge in [-0.25, -0.2) is 13.1 Å². The third-order valence-electron chi connectivity index (χ3n) is 4.21. The number of sulfonamides is 1. The van der Waals surface area contributed by atoms with Gasteiger partial charge >= 0.3 is 0 Å². The van der Waals surface area contributed by atoms with Crippen LogP contribution in [0.25, 0.3) is 0 Å². The standard InChI is InChI=1S/C16H23NO3S/c1-3-16(18)13-8-6-9-14(11-13)21(19,20)17-15-10-5-4-7-12(15)2/h6,8-9,11-12,15,17H,3-5,7,10H2,1-2H3. The van der Waals surface area contributed by atoms with Crippen LogP contribution >= 0.6 is 0 Å². The van der Waals surface area contributed by atoms with Gasteiger partial charge in [-0.15, -0.1) is 0 Å². The second-order valence-electron chi connectivity index (χ2n) is 5.79. The average Bonchev–Trinajstić information content (AvgIpc) is 2.49. The molecule has 0 bridgehead atoms. The zero-order valence-corrected chi connectivity index (χ0v) is 13.4. The van der Waals surface area contributed by atoms with Crippen molar-refractivity contribution in [3.05, 3.63) is 29.8 Å². The monoisotopic (exact) mass is 309 g/mol. The maximum Gasteiger partial charge on any atom is 0.240 e. The zero-order valence-electron chi connectivity index (χ0n) is 12.6.